The van der Waals surface area contributed by atoms with Crippen LogP contribution in [0.4, 0.5) is 8.78 Å². The molecule has 0 fully saturated rings. The Morgan fingerprint density at radius 1 is 1.24 bits per heavy atom. The number of carboxylic acid groups (broad SMARTS) is 1. The Bertz CT molecular complexity index is 838. The van der Waals surface area contributed by atoms with E-state index >= 15 is 0 Å². The second kappa shape index (κ2) is 6.88. The first-order valence-corrected chi connectivity index (χ1v) is 7.68. The second-order valence-corrected chi connectivity index (χ2v) is 5.69. The van der Waals surface area contributed by atoms with E-state index < -0.39 is 23.6 Å². The lowest BCUT2D eigenvalue weighted by molar-refractivity contribution is -0.121. The fraction of sp³-hybridized carbons (Fsp3) is 0.222. The molecule has 1 aliphatic heterocycles. The molecule has 0 aromatic heterocycles. The molecular formula is C18H15F2NO4. The highest BCUT2D eigenvalue weighted by molar-refractivity contribution is 5.89. The fourth-order valence-corrected chi connectivity index (χ4v) is 2.85. The summed E-state index contributed by atoms with van der Waals surface area (Å²) in [6.45, 7) is 0.0210. The third kappa shape index (κ3) is 3.60. The van der Waals surface area contributed by atoms with Gasteiger partial charge in [0, 0.05) is 18.6 Å². The van der Waals surface area contributed by atoms with E-state index in [9.17, 15) is 18.4 Å². The monoisotopic (exact) mass is 347 g/mol. The molecule has 1 amide bonds. The maximum absolute atomic E-state index is 13.9. The average Bonchev–Trinajstić information content (AvgIpc) is 2.96. The first kappa shape index (κ1) is 16.9. The van der Waals surface area contributed by atoms with E-state index in [1.807, 2.05) is 0 Å². The number of ether oxygens (including phenoxy) is 1. The van der Waals surface area contributed by atoms with Gasteiger partial charge in [-0.1, -0.05) is 18.2 Å². The molecule has 1 atom stereocenters. The maximum atomic E-state index is 13.9. The molecule has 0 bridgehead atoms. The molecule has 2 aromatic rings. The van der Waals surface area contributed by atoms with Gasteiger partial charge in [-0.2, -0.15) is 0 Å². The van der Waals surface area contributed by atoms with Gasteiger partial charge in [0.2, 0.25) is 5.91 Å². The van der Waals surface area contributed by atoms with Gasteiger partial charge in [-0.15, -0.1) is 0 Å². The van der Waals surface area contributed by atoms with E-state index in [-0.39, 0.29) is 42.2 Å². The number of halogens is 2. The molecule has 1 unspecified atom stereocenters. The van der Waals surface area contributed by atoms with Crippen molar-refractivity contribution in [2.75, 3.05) is 6.61 Å². The number of amides is 1. The van der Waals surface area contributed by atoms with Gasteiger partial charge in [0.25, 0.3) is 0 Å². The van der Waals surface area contributed by atoms with Crippen molar-refractivity contribution in [3.63, 3.8) is 0 Å². The molecule has 0 saturated carbocycles. The first-order valence-electron chi connectivity index (χ1n) is 7.68. The second-order valence-electron chi connectivity index (χ2n) is 5.69. The first-order chi connectivity index (χ1) is 12.0. The number of hydrogen-bond donors (Lipinski definition) is 2. The molecule has 2 N–H and O–H groups in total. The number of carboxylic acids is 1. The van der Waals surface area contributed by atoms with E-state index in [1.54, 1.807) is 18.2 Å². The lowest BCUT2D eigenvalue weighted by atomic mass is 10.0. The molecule has 3 rings (SSSR count). The number of aryl methyl sites for hydroxylation is 1. The Hall–Kier alpha value is -2.96. The minimum atomic E-state index is -1.06. The number of fused-ring (bicyclic) bond motifs is 1. The average molecular weight is 347 g/mol. The van der Waals surface area contributed by atoms with Crippen LogP contribution in [-0.4, -0.2) is 23.6 Å². The number of aromatic carboxylic acids is 1. The Labute approximate surface area is 142 Å². The molecule has 1 heterocycles. The Kier molecular flexibility index (Phi) is 4.65. The zero-order valence-electron chi connectivity index (χ0n) is 13.1. The molecule has 0 spiro atoms. The van der Waals surface area contributed by atoms with Crippen molar-refractivity contribution in [3.8, 4) is 5.75 Å². The van der Waals surface area contributed by atoms with E-state index in [1.165, 1.54) is 6.07 Å². The van der Waals surface area contributed by atoms with Gasteiger partial charge in [0.1, 0.15) is 24.0 Å². The van der Waals surface area contributed by atoms with Crippen molar-refractivity contribution < 1.29 is 28.2 Å². The normalized spacial score (nSPS) is 15.4. The molecule has 1 aliphatic rings. The lowest BCUT2D eigenvalue weighted by Crippen LogP contribution is -2.30. The highest BCUT2D eigenvalue weighted by Gasteiger charge is 2.29. The summed E-state index contributed by atoms with van der Waals surface area (Å²) in [7, 11) is 0. The Morgan fingerprint density at radius 2 is 2.00 bits per heavy atom. The zero-order valence-corrected chi connectivity index (χ0v) is 13.1. The van der Waals surface area contributed by atoms with Crippen LogP contribution in [0.1, 0.15) is 33.9 Å². The van der Waals surface area contributed by atoms with Gasteiger partial charge in [0.05, 0.1) is 17.2 Å². The Morgan fingerprint density at radius 3 is 2.76 bits per heavy atom. The van der Waals surface area contributed by atoms with Gasteiger partial charge in [-0.3, -0.25) is 4.79 Å². The van der Waals surface area contributed by atoms with Crippen LogP contribution in [0.3, 0.4) is 0 Å². The number of hydrogen-bond acceptors (Lipinski definition) is 3. The maximum Gasteiger partial charge on any atom is 0.335 e. The molecule has 7 heteroatoms. The van der Waals surface area contributed by atoms with Crippen LogP contribution in [0.15, 0.2) is 36.4 Å². The SMILES string of the molecule is O=C(CCc1ccccc1C(=O)O)NC1COc2cc(F)cc(F)c21. The van der Waals surface area contributed by atoms with Crippen LogP contribution in [0, 0.1) is 11.6 Å². The van der Waals surface area contributed by atoms with E-state index in [0.717, 1.165) is 12.1 Å². The molecule has 130 valence electrons. The number of benzene rings is 2. The summed E-state index contributed by atoms with van der Waals surface area (Å²) in [4.78, 5) is 23.3. The predicted octanol–water partition coefficient (Wildman–Crippen LogP) is 2.85. The minimum absolute atomic E-state index is 0.0210. The van der Waals surface area contributed by atoms with Crippen LogP contribution < -0.4 is 10.1 Å². The highest BCUT2D eigenvalue weighted by atomic mass is 19.1. The number of carbonyl (C=O) groups is 2. The minimum Gasteiger partial charge on any atom is -0.490 e. The number of rotatable bonds is 5. The largest absolute Gasteiger partial charge is 0.490 e. The van der Waals surface area contributed by atoms with Gasteiger partial charge in [0.15, 0.2) is 0 Å². The summed E-state index contributed by atoms with van der Waals surface area (Å²) in [6.07, 6.45) is 0.277. The molecule has 0 saturated heterocycles. The molecular weight excluding hydrogens is 332 g/mol. The van der Waals surface area contributed by atoms with Crippen LogP contribution in [0.5, 0.6) is 5.75 Å². The molecule has 0 radical (unpaired) electrons. The summed E-state index contributed by atoms with van der Waals surface area (Å²) < 4.78 is 32.3. The molecule has 2 aromatic carbocycles. The van der Waals surface area contributed by atoms with Crippen molar-refractivity contribution in [2.24, 2.45) is 0 Å². The van der Waals surface area contributed by atoms with Crippen LogP contribution in [-0.2, 0) is 11.2 Å². The van der Waals surface area contributed by atoms with Crippen LogP contribution in [0.25, 0.3) is 0 Å². The highest BCUT2D eigenvalue weighted by Crippen LogP contribution is 2.35. The number of carbonyl (C=O) groups excluding carboxylic acids is 1. The standard InChI is InChI=1S/C18H15F2NO4/c19-11-7-13(20)17-14(9-25-15(17)8-11)21-16(22)6-5-10-3-1-2-4-12(10)18(23)24/h1-4,7-8,14H,5-6,9H2,(H,21,22)(H,23,24). The molecule has 25 heavy (non-hydrogen) atoms. The number of nitrogens with one attached hydrogen (secondary N) is 1. The van der Waals surface area contributed by atoms with Gasteiger partial charge in [-0.25, -0.2) is 13.6 Å². The van der Waals surface area contributed by atoms with Gasteiger partial charge >= 0.3 is 5.97 Å². The third-order valence-electron chi connectivity index (χ3n) is 4.01. The summed E-state index contributed by atoms with van der Waals surface area (Å²) in [5, 5.41) is 11.8. The third-order valence-corrected chi connectivity index (χ3v) is 4.01. The van der Waals surface area contributed by atoms with Crippen molar-refractivity contribution in [2.45, 2.75) is 18.9 Å². The molecule has 0 aliphatic carbocycles. The lowest BCUT2D eigenvalue weighted by Gasteiger charge is -2.13. The van der Waals surface area contributed by atoms with Crippen LogP contribution >= 0.6 is 0 Å². The van der Waals surface area contributed by atoms with Crippen molar-refractivity contribution in [3.05, 3.63) is 64.7 Å². The molecule has 5 nitrogen and oxygen atoms in total. The van der Waals surface area contributed by atoms with E-state index in [2.05, 4.69) is 5.32 Å². The van der Waals surface area contributed by atoms with E-state index in [4.69, 9.17) is 9.84 Å². The predicted molar refractivity (Wildman–Crippen MR) is 84.5 cm³/mol. The van der Waals surface area contributed by atoms with Gasteiger partial charge in [-0.05, 0) is 18.1 Å². The van der Waals surface area contributed by atoms with E-state index in [0.29, 0.717) is 5.56 Å². The Balaban J connectivity index is 1.65. The van der Waals surface area contributed by atoms with Gasteiger partial charge < -0.3 is 15.2 Å². The quantitative estimate of drug-likeness (QED) is 0.872. The van der Waals surface area contributed by atoms with Crippen molar-refractivity contribution in [1.82, 2.24) is 5.32 Å². The smallest absolute Gasteiger partial charge is 0.335 e. The summed E-state index contributed by atoms with van der Waals surface area (Å²) in [6, 6.07) is 7.56. The topological polar surface area (TPSA) is 75.6 Å². The van der Waals surface area contributed by atoms with Crippen LogP contribution in [0.2, 0.25) is 0 Å². The fourth-order valence-electron chi connectivity index (χ4n) is 2.85. The summed E-state index contributed by atoms with van der Waals surface area (Å²) in [5.74, 6) is -2.86. The summed E-state index contributed by atoms with van der Waals surface area (Å²) in [5.41, 5.74) is 0.813. The zero-order chi connectivity index (χ0) is 18.0. The summed E-state index contributed by atoms with van der Waals surface area (Å²) >= 11 is 0. The van der Waals surface area contributed by atoms with Crippen molar-refractivity contribution in [1.29, 1.82) is 0 Å². The van der Waals surface area contributed by atoms with Crippen molar-refractivity contribution >= 4 is 11.9 Å².